The van der Waals surface area contributed by atoms with Crippen molar-refractivity contribution in [1.82, 2.24) is 0 Å². The maximum atomic E-state index is 14.1. The van der Waals surface area contributed by atoms with Crippen LogP contribution in [0.4, 0.5) is 0 Å². The van der Waals surface area contributed by atoms with Gasteiger partial charge in [-0.3, -0.25) is 4.79 Å². The molecule has 0 heterocycles. The first-order valence-corrected chi connectivity index (χ1v) is 10.1. The normalized spacial score (nSPS) is 11.7. The highest BCUT2D eigenvalue weighted by atomic mass is 16.1. The maximum absolute atomic E-state index is 14.1. The van der Waals surface area contributed by atoms with Gasteiger partial charge in [0.2, 0.25) is 0 Å². The number of carbonyl (C=O) groups is 1. The summed E-state index contributed by atoms with van der Waals surface area (Å²) in [5, 5.41) is 4.12. The third kappa shape index (κ3) is 3.31. The molecular formula is C29H20O. The van der Waals surface area contributed by atoms with E-state index in [9.17, 15) is 4.79 Å². The first-order chi connectivity index (χ1) is 14.8. The first-order valence-electron chi connectivity index (χ1n) is 10.1. The summed E-state index contributed by atoms with van der Waals surface area (Å²) in [5.74, 6) is 0.0399. The summed E-state index contributed by atoms with van der Waals surface area (Å²) in [6.07, 6.45) is 1.99. The molecule has 0 aliphatic carbocycles. The summed E-state index contributed by atoms with van der Waals surface area (Å²) in [6, 6.07) is 38.4. The maximum Gasteiger partial charge on any atom is 0.194 e. The molecule has 5 rings (SSSR count). The molecule has 0 atom stereocenters. The third-order valence-corrected chi connectivity index (χ3v) is 5.44. The van der Waals surface area contributed by atoms with Crippen molar-refractivity contribution in [3.63, 3.8) is 0 Å². The smallest absolute Gasteiger partial charge is 0.194 e. The largest absolute Gasteiger partial charge is 0.289 e. The first kappa shape index (κ1) is 18.1. The van der Waals surface area contributed by atoms with E-state index in [4.69, 9.17) is 0 Å². The van der Waals surface area contributed by atoms with Crippen molar-refractivity contribution in [3.8, 4) is 0 Å². The quantitative estimate of drug-likeness (QED) is 0.136. The van der Waals surface area contributed by atoms with E-state index in [1.54, 1.807) is 0 Å². The highest BCUT2D eigenvalue weighted by molar-refractivity contribution is 6.38. The third-order valence-electron chi connectivity index (χ3n) is 5.44. The molecule has 0 saturated carbocycles. The van der Waals surface area contributed by atoms with Gasteiger partial charge in [0.25, 0.3) is 0 Å². The summed E-state index contributed by atoms with van der Waals surface area (Å²) in [7, 11) is 0. The summed E-state index contributed by atoms with van der Waals surface area (Å²) in [4.78, 5) is 14.1. The molecule has 30 heavy (non-hydrogen) atoms. The summed E-state index contributed by atoms with van der Waals surface area (Å²) < 4.78 is 0. The predicted molar refractivity (Wildman–Crippen MR) is 127 cm³/mol. The zero-order chi connectivity index (χ0) is 20.3. The Morgan fingerprint density at radius 2 is 1.07 bits per heavy atom. The average Bonchev–Trinajstić information content (AvgIpc) is 2.82. The lowest BCUT2D eigenvalue weighted by Crippen LogP contribution is -2.05. The van der Waals surface area contributed by atoms with Gasteiger partial charge >= 0.3 is 0 Å². The van der Waals surface area contributed by atoms with E-state index in [-0.39, 0.29) is 5.78 Å². The van der Waals surface area contributed by atoms with Gasteiger partial charge in [-0.15, -0.1) is 0 Å². The van der Waals surface area contributed by atoms with E-state index in [1.807, 2.05) is 103 Å². The Morgan fingerprint density at radius 1 is 0.567 bits per heavy atom. The van der Waals surface area contributed by atoms with Gasteiger partial charge in [-0.05, 0) is 44.8 Å². The molecule has 0 fully saturated rings. The van der Waals surface area contributed by atoms with Crippen LogP contribution in [0, 0.1) is 0 Å². The van der Waals surface area contributed by atoms with Crippen LogP contribution < -0.4 is 0 Å². The number of hydrogen-bond donors (Lipinski definition) is 0. The van der Waals surface area contributed by atoms with E-state index < -0.39 is 0 Å². The van der Waals surface area contributed by atoms with Crippen LogP contribution in [-0.4, -0.2) is 5.78 Å². The molecule has 0 aromatic heterocycles. The summed E-state index contributed by atoms with van der Waals surface area (Å²) in [6.45, 7) is 0. The molecule has 0 amide bonds. The van der Waals surface area contributed by atoms with Crippen LogP contribution in [-0.2, 0) is 0 Å². The molecular weight excluding hydrogens is 364 g/mol. The van der Waals surface area contributed by atoms with Crippen LogP contribution in [0.5, 0.6) is 0 Å². The number of fused-ring (bicyclic) bond motifs is 2. The lowest BCUT2D eigenvalue weighted by atomic mass is 9.88. The minimum absolute atomic E-state index is 0.0399. The minimum Gasteiger partial charge on any atom is -0.289 e. The molecule has 142 valence electrons. The van der Waals surface area contributed by atoms with E-state index in [1.165, 1.54) is 0 Å². The van der Waals surface area contributed by atoms with E-state index in [2.05, 4.69) is 18.2 Å². The number of allylic oxidation sites excluding steroid dienone is 1. The van der Waals surface area contributed by atoms with Gasteiger partial charge in [-0.1, -0.05) is 109 Å². The molecule has 1 nitrogen and oxygen atoms in total. The average molecular weight is 384 g/mol. The molecule has 0 spiro atoms. The lowest BCUT2D eigenvalue weighted by Gasteiger charge is -2.14. The lowest BCUT2D eigenvalue weighted by molar-refractivity contribution is 0.106. The second-order valence-electron chi connectivity index (χ2n) is 7.36. The molecule has 5 aromatic rings. The molecule has 5 aromatic carbocycles. The standard InChI is InChI=1S/C29H20O/c30-29(27(22-13-5-2-6-14-22)19-21-11-3-1-4-12-21)28-25-17-9-7-15-23(25)20-24-16-8-10-18-26(24)28/h1-20H/b27-19+. The van der Waals surface area contributed by atoms with Crippen molar-refractivity contribution in [3.05, 3.63) is 132 Å². The van der Waals surface area contributed by atoms with Crippen LogP contribution in [0.1, 0.15) is 21.5 Å². The summed E-state index contributed by atoms with van der Waals surface area (Å²) in [5.41, 5.74) is 3.38. The number of Topliss-reactive ketones (excluding diaryl/α,β-unsaturated/α-hetero) is 1. The van der Waals surface area contributed by atoms with E-state index in [0.29, 0.717) is 5.57 Å². The zero-order valence-corrected chi connectivity index (χ0v) is 16.5. The second kappa shape index (κ2) is 7.81. The fourth-order valence-corrected chi connectivity index (χ4v) is 4.01. The predicted octanol–water partition coefficient (Wildman–Crippen LogP) is 7.42. The van der Waals surface area contributed by atoms with Gasteiger partial charge in [-0.2, -0.15) is 0 Å². The number of benzene rings is 5. The van der Waals surface area contributed by atoms with Crippen molar-refractivity contribution in [2.24, 2.45) is 0 Å². The van der Waals surface area contributed by atoms with Crippen molar-refractivity contribution in [2.75, 3.05) is 0 Å². The molecule has 0 aliphatic rings. The van der Waals surface area contributed by atoms with Crippen molar-refractivity contribution in [2.45, 2.75) is 0 Å². The molecule has 0 N–H and O–H groups in total. The fourth-order valence-electron chi connectivity index (χ4n) is 4.01. The molecule has 1 heteroatoms. The van der Waals surface area contributed by atoms with Gasteiger partial charge in [0.1, 0.15) is 0 Å². The Kier molecular flexibility index (Phi) is 4.71. The number of ketones is 1. The Balaban J connectivity index is 1.80. The zero-order valence-electron chi connectivity index (χ0n) is 16.5. The van der Waals surface area contributed by atoms with Crippen LogP contribution >= 0.6 is 0 Å². The van der Waals surface area contributed by atoms with Crippen molar-refractivity contribution >= 4 is 39.0 Å². The summed E-state index contributed by atoms with van der Waals surface area (Å²) >= 11 is 0. The monoisotopic (exact) mass is 384 g/mol. The number of hydrogen-bond acceptors (Lipinski definition) is 1. The molecule has 0 unspecified atom stereocenters. The van der Waals surface area contributed by atoms with E-state index in [0.717, 1.165) is 38.2 Å². The Labute approximate surface area is 175 Å². The van der Waals surface area contributed by atoms with Gasteiger partial charge in [-0.25, -0.2) is 0 Å². The van der Waals surface area contributed by atoms with Crippen molar-refractivity contribution in [1.29, 1.82) is 0 Å². The number of rotatable bonds is 4. The number of carbonyl (C=O) groups excluding carboxylic acids is 1. The SMILES string of the molecule is O=C(/C(=C/c1ccccc1)c1ccccc1)c1c2ccccc2cc2ccccc12. The molecule has 0 saturated heterocycles. The second-order valence-corrected chi connectivity index (χ2v) is 7.36. The van der Waals surface area contributed by atoms with E-state index >= 15 is 0 Å². The molecule has 0 bridgehead atoms. The van der Waals surface area contributed by atoms with Crippen LogP contribution in [0.2, 0.25) is 0 Å². The van der Waals surface area contributed by atoms with Gasteiger partial charge in [0.05, 0.1) is 0 Å². The molecule has 0 aliphatic heterocycles. The highest BCUT2D eigenvalue weighted by Crippen LogP contribution is 2.33. The fraction of sp³-hybridized carbons (Fsp3) is 0. The molecule has 0 radical (unpaired) electrons. The highest BCUT2D eigenvalue weighted by Gasteiger charge is 2.20. The topological polar surface area (TPSA) is 17.1 Å². The van der Waals surface area contributed by atoms with Gasteiger partial charge in [0.15, 0.2) is 5.78 Å². The van der Waals surface area contributed by atoms with Gasteiger partial charge < -0.3 is 0 Å². The van der Waals surface area contributed by atoms with Crippen LogP contribution in [0.15, 0.2) is 115 Å². The minimum atomic E-state index is 0.0399. The van der Waals surface area contributed by atoms with Crippen LogP contribution in [0.3, 0.4) is 0 Å². The Morgan fingerprint density at radius 3 is 1.67 bits per heavy atom. The Bertz CT molecular complexity index is 1330. The Hall–Kier alpha value is -3.97. The van der Waals surface area contributed by atoms with Gasteiger partial charge in [0, 0.05) is 11.1 Å². The van der Waals surface area contributed by atoms with Crippen molar-refractivity contribution < 1.29 is 4.79 Å². The van der Waals surface area contributed by atoms with Crippen LogP contribution in [0.25, 0.3) is 33.2 Å².